The van der Waals surface area contributed by atoms with E-state index in [0.29, 0.717) is 5.92 Å². The van der Waals surface area contributed by atoms with Gasteiger partial charge in [-0.2, -0.15) is 0 Å². The molecule has 0 fully saturated rings. The van der Waals surface area contributed by atoms with Crippen LogP contribution < -0.4 is 0 Å². The van der Waals surface area contributed by atoms with E-state index < -0.39 is 0 Å². The molecule has 0 spiro atoms. The highest BCUT2D eigenvalue weighted by Gasteiger charge is 2.19. The molecule has 0 radical (unpaired) electrons. The molecule has 2 aliphatic carbocycles. The van der Waals surface area contributed by atoms with Crippen molar-refractivity contribution in [3.05, 3.63) is 47.1 Å². The van der Waals surface area contributed by atoms with E-state index in [1.54, 1.807) is 6.08 Å². The molecule has 1 atom stereocenters. The minimum Gasteiger partial charge on any atom is -0.289 e. The smallest absolute Gasteiger partial charge is 0.186 e. The van der Waals surface area contributed by atoms with E-state index in [1.807, 2.05) is 13.0 Å². The molecule has 2 aliphatic rings. The van der Waals surface area contributed by atoms with Crippen LogP contribution in [0.15, 0.2) is 47.1 Å². The van der Waals surface area contributed by atoms with Gasteiger partial charge in [-0.25, -0.2) is 0 Å². The van der Waals surface area contributed by atoms with E-state index in [4.69, 9.17) is 0 Å². The molecule has 0 amide bonds. The van der Waals surface area contributed by atoms with E-state index in [0.717, 1.165) is 16.7 Å². The average molecular weight is 172 g/mol. The Kier molecular flexibility index (Phi) is 1.80. The molecule has 0 aromatic carbocycles. The Hall–Kier alpha value is -1.37. The van der Waals surface area contributed by atoms with Crippen molar-refractivity contribution < 1.29 is 4.79 Å². The minimum absolute atomic E-state index is 0.141. The standard InChI is InChI=1S/C12H12O/c1-8-3-5-10-9(2)7-12(13)11(10)6-4-8/h3-8H,1-2H3. The Labute approximate surface area is 78.1 Å². The molecule has 0 N–H and O–H groups in total. The molecule has 0 saturated carbocycles. The monoisotopic (exact) mass is 172 g/mol. The van der Waals surface area contributed by atoms with Gasteiger partial charge in [0.15, 0.2) is 5.78 Å². The fourth-order valence-corrected chi connectivity index (χ4v) is 1.65. The van der Waals surface area contributed by atoms with Crippen LogP contribution in [0.4, 0.5) is 0 Å². The normalized spacial score (nSPS) is 26.2. The van der Waals surface area contributed by atoms with Gasteiger partial charge in [-0.05, 0) is 30.1 Å². The summed E-state index contributed by atoms with van der Waals surface area (Å²) in [7, 11) is 0. The number of hydrogen-bond donors (Lipinski definition) is 0. The van der Waals surface area contributed by atoms with Crippen LogP contribution in [-0.2, 0) is 4.79 Å². The van der Waals surface area contributed by atoms with Gasteiger partial charge in [0.2, 0.25) is 0 Å². The number of allylic oxidation sites excluding steroid dienone is 8. The van der Waals surface area contributed by atoms with E-state index in [2.05, 4.69) is 25.2 Å². The van der Waals surface area contributed by atoms with Crippen LogP contribution >= 0.6 is 0 Å². The maximum absolute atomic E-state index is 11.5. The number of carbonyl (C=O) groups is 1. The fourth-order valence-electron chi connectivity index (χ4n) is 1.65. The summed E-state index contributed by atoms with van der Waals surface area (Å²) in [5.41, 5.74) is 3.01. The van der Waals surface area contributed by atoms with E-state index in [9.17, 15) is 4.79 Å². The van der Waals surface area contributed by atoms with Crippen molar-refractivity contribution in [2.45, 2.75) is 13.8 Å². The highest BCUT2D eigenvalue weighted by Crippen LogP contribution is 2.28. The molecular formula is C12H12O. The first-order valence-electron chi connectivity index (χ1n) is 4.52. The van der Waals surface area contributed by atoms with Crippen LogP contribution in [0.1, 0.15) is 13.8 Å². The predicted molar refractivity (Wildman–Crippen MR) is 53.2 cm³/mol. The second-order valence-electron chi connectivity index (χ2n) is 3.60. The van der Waals surface area contributed by atoms with E-state index >= 15 is 0 Å². The lowest BCUT2D eigenvalue weighted by molar-refractivity contribution is -0.110. The van der Waals surface area contributed by atoms with E-state index in [-0.39, 0.29) is 5.78 Å². The third-order valence-electron chi connectivity index (χ3n) is 2.46. The molecular weight excluding hydrogens is 160 g/mol. The van der Waals surface area contributed by atoms with Crippen molar-refractivity contribution in [2.24, 2.45) is 5.92 Å². The van der Waals surface area contributed by atoms with Crippen molar-refractivity contribution in [3.8, 4) is 0 Å². The summed E-state index contributed by atoms with van der Waals surface area (Å²) in [4.78, 5) is 11.5. The van der Waals surface area contributed by atoms with Crippen LogP contribution in [0.2, 0.25) is 0 Å². The summed E-state index contributed by atoms with van der Waals surface area (Å²) in [6, 6.07) is 0. The van der Waals surface area contributed by atoms with Crippen LogP contribution in [0.25, 0.3) is 0 Å². The van der Waals surface area contributed by atoms with Gasteiger partial charge in [-0.3, -0.25) is 4.79 Å². The zero-order valence-corrected chi connectivity index (χ0v) is 7.87. The second-order valence-corrected chi connectivity index (χ2v) is 3.60. The summed E-state index contributed by atoms with van der Waals surface area (Å²) in [6.45, 7) is 4.09. The molecule has 66 valence electrons. The predicted octanol–water partition coefficient (Wildman–Crippen LogP) is 2.57. The van der Waals surface area contributed by atoms with Crippen LogP contribution in [0, 0.1) is 5.92 Å². The summed E-state index contributed by atoms with van der Waals surface area (Å²) in [5, 5.41) is 0. The van der Waals surface area contributed by atoms with Gasteiger partial charge in [0.05, 0.1) is 0 Å². The molecule has 0 aliphatic heterocycles. The van der Waals surface area contributed by atoms with Crippen LogP contribution in [0.5, 0.6) is 0 Å². The molecule has 2 rings (SSSR count). The van der Waals surface area contributed by atoms with E-state index in [1.165, 1.54) is 0 Å². The van der Waals surface area contributed by atoms with Gasteiger partial charge < -0.3 is 0 Å². The van der Waals surface area contributed by atoms with Crippen molar-refractivity contribution >= 4 is 5.78 Å². The minimum atomic E-state index is 0.141. The molecule has 0 saturated heterocycles. The van der Waals surface area contributed by atoms with Gasteiger partial charge in [-0.1, -0.05) is 31.2 Å². The Morgan fingerprint density at radius 3 is 2.46 bits per heavy atom. The van der Waals surface area contributed by atoms with Gasteiger partial charge >= 0.3 is 0 Å². The first-order chi connectivity index (χ1) is 6.18. The zero-order chi connectivity index (χ0) is 9.42. The first-order valence-corrected chi connectivity index (χ1v) is 4.52. The lowest BCUT2D eigenvalue weighted by Gasteiger charge is -1.96. The topological polar surface area (TPSA) is 17.1 Å². The second kappa shape index (κ2) is 2.84. The molecule has 13 heavy (non-hydrogen) atoms. The Morgan fingerprint density at radius 2 is 1.77 bits per heavy atom. The first kappa shape index (κ1) is 8.24. The molecule has 1 nitrogen and oxygen atoms in total. The SMILES string of the molecule is CC1=CC(=O)C2=C1C=CC(C)C=C2. The third kappa shape index (κ3) is 1.31. The van der Waals surface area contributed by atoms with Gasteiger partial charge in [0, 0.05) is 5.57 Å². The van der Waals surface area contributed by atoms with Crippen LogP contribution in [-0.4, -0.2) is 5.78 Å². The van der Waals surface area contributed by atoms with Crippen molar-refractivity contribution in [3.63, 3.8) is 0 Å². The Bertz CT molecular complexity index is 378. The summed E-state index contributed by atoms with van der Waals surface area (Å²) in [6.07, 6.45) is 9.87. The number of ketones is 1. The zero-order valence-electron chi connectivity index (χ0n) is 7.87. The molecule has 0 heterocycles. The quantitative estimate of drug-likeness (QED) is 0.549. The number of carbonyl (C=O) groups excluding carboxylic acids is 1. The lowest BCUT2D eigenvalue weighted by atomic mass is 10.1. The molecule has 1 unspecified atom stereocenters. The fraction of sp³-hybridized carbons (Fsp3) is 0.250. The lowest BCUT2D eigenvalue weighted by Crippen LogP contribution is -1.91. The van der Waals surface area contributed by atoms with Gasteiger partial charge in [-0.15, -0.1) is 0 Å². The molecule has 0 aromatic rings. The summed E-state index contributed by atoms with van der Waals surface area (Å²) < 4.78 is 0. The van der Waals surface area contributed by atoms with Gasteiger partial charge in [0.1, 0.15) is 0 Å². The number of hydrogen-bond acceptors (Lipinski definition) is 1. The molecule has 1 heteroatoms. The van der Waals surface area contributed by atoms with Crippen molar-refractivity contribution in [2.75, 3.05) is 0 Å². The Morgan fingerprint density at radius 1 is 1.15 bits per heavy atom. The van der Waals surface area contributed by atoms with Crippen LogP contribution in [0.3, 0.4) is 0 Å². The maximum atomic E-state index is 11.5. The largest absolute Gasteiger partial charge is 0.289 e. The van der Waals surface area contributed by atoms with Crippen molar-refractivity contribution in [1.82, 2.24) is 0 Å². The Balaban J connectivity index is 2.50. The molecule has 0 bridgehead atoms. The third-order valence-corrected chi connectivity index (χ3v) is 2.46. The maximum Gasteiger partial charge on any atom is 0.186 e. The summed E-state index contributed by atoms with van der Waals surface area (Å²) >= 11 is 0. The highest BCUT2D eigenvalue weighted by molar-refractivity contribution is 6.11. The van der Waals surface area contributed by atoms with Gasteiger partial charge in [0.25, 0.3) is 0 Å². The van der Waals surface area contributed by atoms with Crippen molar-refractivity contribution in [1.29, 1.82) is 0 Å². The molecule has 0 aromatic heterocycles. The number of rotatable bonds is 0. The summed E-state index contributed by atoms with van der Waals surface area (Å²) in [5.74, 6) is 0.564. The average Bonchev–Trinajstić information content (AvgIpc) is 2.27. The highest BCUT2D eigenvalue weighted by atomic mass is 16.1.